The van der Waals surface area contributed by atoms with E-state index in [0.29, 0.717) is 37.6 Å². The molecular weight excluding hydrogens is 319 g/mol. The van der Waals surface area contributed by atoms with Gasteiger partial charge in [-0.1, -0.05) is 0 Å². The summed E-state index contributed by atoms with van der Waals surface area (Å²) in [5.41, 5.74) is 0. The number of likely N-dealkylation sites (tertiary alicyclic amines) is 1. The third-order valence-corrected chi connectivity index (χ3v) is 4.58. The number of hydrogen-bond donors (Lipinski definition) is 2. The summed E-state index contributed by atoms with van der Waals surface area (Å²) in [6.45, 7) is 6.19. The summed E-state index contributed by atoms with van der Waals surface area (Å²) in [5, 5.41) is 6.52. The van der Waals surface area contributed by atoms with Crippen molar-refractivity contribution in [3.05, 3.63) is 0 Å². The molecule has 0 aromatic carbocycles. The molecule has 2 fully saturated rings. The monoisotopic (exact) mass is 349 g/mol. The van der Waals surface area contributed by atoms with Crippen LogP contribution in [-0.4, -0.2) is 79.8 Å². The van der Waals surface area contributed by atoms with Gasteiger partial charge in [-0.2, -0.15) is 13.2 Å². The van der Waals surface area contributed by atoms with E-state index in [1.54, 1.807) is 7.05 Å². The number of alkyl halides is 3. The minimum absolute atomic E-state index is 0.0168. The highest BCUT2D eigenvalue weighted by Gasteiger charge is 2.34. The molecule has 24 heavy (non-hydrogen) atoms. The molecule has 1 atom stereocenters. The van der Waals surface area contributed by atoms with Gasteiger partial charge in [0, 0.05) is 51.4 Å². The van der Waals surface area contributed by atoms with Crippen molar-refractivity contribution in [3.8, 4) is 0 Å². The van der Waals surface area contributed by atoms with E-state index in [0.717, 1.165) is 13.1 Å². The second kappa shape index (κ2) is 8.38. The molecule has 1 saturated carbocycles. The van der Waals surface area contributed by atoms with Crippen molar-refractivity contribution in [1.82, 2.24) is 20.4 Å². The summed E-state index contributed by atoms with van der Waals surface area (Å²) < 4.78 is 37.3. The summed E-state index contributed by atoms with van der Waals surface area (Å²) >= 11 is 0. The quantitative estimate of drug-likeness (QED) is 0.542. The second-order valence-corrected chi connectivity index (χ2v) is 7.04. The van der Waals surface area contributed by atoms with Gasteiger partial charge in [-0.3, -0.25) is 14.8 Å². The van der Waals surface area contributed by atoms with E-state index >= 15 is 0 Å². The van der Waals surface area contributed by atoms with Crippen LogP contribution in [0.4, 0.5) is 13.2 Å². The Hall–Kier alpha value is -1.02. The van der Waals surface area contributed by atoms with Gasteiger partial charge in [-0.05, 0) is 33.1 Å². The Morgan fingerprint density at radius 2 is 2.00 bits per heavy atom. The molecule has 0 aromatic heterocycles. The fourth-order valence-corrected chi connectivity index (χ4v) is 3.31. The summed E-state index contributed by atoms with van der Waals surface area (Å²) in [6, 6.07) is 1.26. The zero-order valence-corrected chi connectivity index (χ0v) is 14.9. The standard InChI is InChI=1S/C16H30F3N5/c1-12(2)24(14-4-5-14)9-7-21-15(20-3)22-13-6-8-23(10-13)11-16(17,18)19/h12-14H,4-11H2,1-3H3,(H2,20,21,22). The smallest absolute Gasteiger partial charge is 0.355 e. The van der Waals surface area contributed by atoms with Crippen LogP contribution >= 0.6 is 0 Å². The molecule has 0 amide bonds. The third kappa shape index (κ3) is 6.47. The average molecular weight is 349 g/mol. The lowest BCUT2D eigenvalue weighted by molar-refractivity contribution is -0.143. The van der Waals surface area contributed by atoms with Gasteiger partial charge in [0.1, 0.15) is 0 Å². The maximum Gasteiger partial charge on any atom is 0.401 e. The number of nitrogens with zero attached hydrogens (tertiary/aromatic N) is 3. The fraction of sp³-hybridized carbons (Fsp3) is 0.938. The largest absolute Gasteiger partial charge is 0.401 e. The molecule has 1 aliphatic heterocycles. The lowest BCUT2D eigenvalue weighted by Gasteiger charge is -2.27. The average Bonchev–Trinajstić information content (AvgIpc) is 3.22. The van der Waals surface area contributed by atoms with Crippen LogP contribution in [0.1, 0.15) is 33.1 Å². The van der Waals surface area contributed by atoms with Gasteiger partial charge in [0.15, 0.2) is 5.96 Å². The maximum absolute atomic E-state index is 12.4. The van der Waals surface area contributed by atoms with E-state index in [9.17, 15) is 13.2 Å². The molecule has 0 spiro atoms. The van der Waals surface area contributed by atoms with E-state index in [2.05, 4.69) is 34.4 Å². The molecule has 0 bridgehead atoms. The predicted octanol–water partition coefficient (Wildman–Crippen LogP) is 1.66. The number of guanidine groups is 1. The van der Waals surface area contributed by atoms with Gasteiger partial charge in [-0.25, -0.2) is 0 Å². The molecule has 2 N–H and O–H groups in total. The van der Waals surface area contributed by atoms with E-state index in [-0.39, 0.29) is 6.04 Å². The Bertz CT molecular complexity index is 418. The normalized spacial score (nSPS) is 23.3. The van der Waals surface area contributed by atoms with Crippen molar-refractivity contribution in [3.63, 3.8) is 0 Å². The summed E-state index contributed by atoms with van der Waals surface area (Å²) in [5.74, 6) is 0.674. The SMILES string of the molecule is CN=C(NCCN(C(C)C)C1CC1)NC1CCN(CC(F)(F)F)C1. The molecule has 0 aromatic rings. The molecule has 140 valence electrons. The number of nitrogens with one attached hydrogen (secondary N) is 2. The van der Waals surface area contributed by atoms with Crippen LogP contribution in [0, 0.1) is 0 Å². The van der Waals surface area contributed by atoms with Crippen molar-refractivity contribution in [2.45, 2.75) is 57.4 Å². The molecule has 2 rings (SSSR count). The van der Waals surface area contributed by atoms with Crippen LogP contribution in [0.3, 0.4) is 0 Å². The van der Waals surface area contributed by atoms with Gasteiger partial charge in [0.2, 0.25) is 0 Å². The zero-order valence-electron chi connectivity index (χ0n) is 14.9. The molecule has 1 aliphatic carbocycles. The fourth-order valence-electron chi connectivity index (χ4n) is 3.31. The Kier molecular flexibility index (Phi) is 6.74. The van der Waals surface area contributed by atoms with Crippen LogP contribution < -0.4 is 10.6 Å². The summed E-state index contributed by atoms with van der Waals surface area (Å²) in [7, 11) is 1.69. The van der Waals surface area contributed by atoms with Gasteiger partial charge < -0.3 is 10.6 Å². The lowest BCUT2D eigenvalue weighted by atomic mass is 10.3. The second-order valence-electron chi connectivity index (χ2n) is 7.04. The molecule has 1 unspecified atom stereocenters. The summed E-state index contributed by atoms with van der Waals surface area (Å²) in [6.07, 6.45) is -0.862. The number of hydrogen-bond acceptors (Lipinski definition) is 3. The number of rotatable bonds is 7. The first-order valence-electron chi connectivity index (χ1n) is 8.80. The van der Waals surface area contributed by atoms with Crippen LogP contribution in [0.5, 0.6) is 0 Å². The Labute approximate surface area is 142 Å². The van der Waals surface area contributed by atoms with Crippen molar-refractivity contribution in [2.75, 3.05) is 39.8 Å². The first kappa shape index (κ1) is 19.3. The van der Waals surface area contributed by atoms with Gasteiger partial charge in [-0.15, -0.1) is 0 Å². The number of halogens is 3. The predicted molar refractivity (Wildman–Crippen MR) is 90.3 cm³/mol. The Morgan fingerprint density at radius 1 is 1.29 bits per heavy atom. The Balaban J connectivity index is 1.69. The van der Waals surface area contributed by atoms with Crippen LogP contribution in [0.25, 0.3) is 0 Å². The van der Waals surface area contributed by atoms with Gasteiger partial charge in [0.05, 0.1) is 6.54 Å². The Morgan fingerprint density at radius 3 is 2.54 bits per heavy atom. The highest BCUT2D eigenvalue weighted by Crippen LogP contribution is 2.27. The van der Waals surface area contributed by atoms with Crippen LogP contribution in [-0.2, 0) is 0 Å². The molecule has 1 saturated heterocycles. The molecule has 8 heteroatoms. The molecule has 5 nitrogen and oxygen atoms in total. The van der Waals surface area contributed by atoms with E-state index in [1.807, 2.05) is 0 Å². The van der Waals surface area contributed by atoms with Crippen molar-refractivity contribution < 1.29 is 13.2 Å². The molecular formula is C16H30F3N5. The first-order chi connectivity index (χ1) is 11.3. The third-order valence-electron chi connectivity index (χ3n) is 4.58. The van der Waals surface area contributed by atoms with E-state index in [1.165, 1.54) is 17.7 Å². The topological polar surface area (TPSA) is 42.9 Å². The van der Waals surface area contributed by atoms with Crippen molar-refractivity contribution in [2.24, 2.45) is 4.99 Å². The molecule has 2 aliphatic rings. The highest BCUT2D eigenvalue weighted by atomic mass is 19.4. The maximum atomic E-state index is 12.4. The van der Waals surface area contributed by atoms with Gasteiger partial charge >= 0.3 is 6.18 Å². The van der Waals surface area contributed by atoms with E-state index < -0.39 is 12.7 Å². The number of aliphatic imine (C=N–C) groups is 1. The lowest BCUT2D eigenvalue weighted by Crippen LogP contribution is -2.47. The minimum atomic E-state index is -4.13. The van der Waals surface area contributed by atoms with Crippen molar-refractivity contribution in [1.29, 1.82) is 0 Å². The molecule has 0 radical (unpaired) electrons. The first-order valence-corrected chi connectivity index (χ1v) is 8.80. The van der Waals surface area contributed by atoms with E-state index in [4.69, 9.17) is 0 Å². The summed E-state index contributed by atoms with van der Waals surface area (Å²) in [4.78, 5) is 8.12. The minimum Gasteiger partial charge on any atom is -0.355 e. The zero-order chi connectivity index (χ0) is 17.7. The van der Waals surface area contributed by atoms with Crippen LogP contribution in [0.15, 0.2) is 4.99 Å². The highest BCUT2D eigenvalue weighted by molar-refractivity contribution is 5.80. The van der Waals surface area contributed by atoms with Gasteiger partial charge in [0.25, 0.3) is 0 Å². The van der Waals surface area contributed by atoms with Crippen LogP contribution in [0.2, 0.25) is 0 Å². The molecule has 1 heterocycles. The van der Waals surface area contributed by atoms with Crippen molar-refractivity contribution >= 4 is 5.96 Å².